The third kappa shape index (κ3) is 3.41. The van der Waals surface area contributed by atoms with Gasteiger partial charge >= 0.3 is 5.97 Å². The molecule has 2 aromatic rings. The van der Waals surface area contributed by atoms with Gasteiger partial charge in [-0.3, -0.25) is 9.59 Å². The van der Waals surface area contributed by atoms with Crippen molar-refractivity contribution in [3.8, 4) is 0 Å². The van der Waals surface area contributed by atoms with E-state index in [1.165, 1.54) is 23.7 Å². The molecule has 0 spiro atoms. The summed E-state index contributed by atoms with van der Waals surface area (Å²) < 4.78 is 5.00. The SMILES string of the molecule is Cc1nc(CNC(=O)c2ccoc2CC(=O)O)cs1. The normalized spacial score (nSPS) is 10.4. The minimum Gasteiger partial charge on any atom is -0.481 e. The highest BCUT2D eigenvalue weighted by Gasteiger charge is 2.16. The predicted molar refractivity (Wildman–Crippen MR) is 68.1 cm³/mol. The van der Waals surface area contributed by atoms with Crippen molar-refractivity contribution in [3.05, 3.63) is 39.7 Å². The van der Waals surface area contributed by atoms with Crippen molar-refractivity contribution in [1.82, 2.24) is 10.3 Å². The van der Waals surface area contributed by atoms with Crippen molar-refractivity contribution < 1.29 is 19.1 Å². The molecule has 0 saturated carbocycles. The number of carboxylic acid groups (broad SMARTS) is 1. The highest BCUT2D eigenvalue weighted by molar-refractivity contribution is 7.09. The van der Waals surface area contributed by atoms with Gasteiger partial charge in [-0.25, -0.2) is 4.98 Å². The Labute approximate surface area is 113 Å². The summed E-state index contributed by atoms with van der Waals surface area (Å²) in [5.41, 5.74) is 1.02. The first-order valence-electron chi connectivity index (χ1n) is 5.53. The van der Waals surface area contributed by atoms with E-state index in [-0.39, 0.29) is 23.7 Å². The lowest BCUT2D eigenvalue weighted by Gasteiger charge is -2.02. The maximum absolute atomic E-state index is 11.9. The van der Waals surface area contributed by atoms with Gasteiger partial charge in [-0.15, -0.1) is 11.3 Å². The molecule has 100 valence electrons. The molecular formula is C12H12N2O4S. The van der Waals surface area contributed by atoms with Crippen LogP contribution in [0.4, 0.5) is 0 Å². The highest BCUT2D eigenvalue weighted by atomic mass is 32.1. The minimum atomic E-state index is -1.04. The predicted octanol–water partition coefficient (Wildman–Crippen LogP) is 1.60. The van der Waals surface area contributed by atoms with E-state index in [0.717, 1.165) is 10.7 Å². The molecule has 7 heteroatoms. The molecule has 2 heterocycles. The summed E-state index contributed by atoms with van der Waals surface area (Å²) in [6.45, 7) is 2.19. The number of hydrogen-bond acceptors (Lipinski definition) is 5. The van der Waals surface area contributed by atoms with Crippen LogP contribution in [0.1, 0.15) is 26.8 Å². The van der Waals surface area contributed by atoms with E-state index < -0.39 is 5.97 Å². The Kier molecular flexibility index (Phi) is 3.96. The third-order valence-corrected chi connectivity index (χ3v) is 3.22. The van der Waals surface area contributed by atoms with Gasteiger partial charge in [0.1, 0.15) is 12.2 Å². The Bertz CT molecular complexity index is 602. The molecule has 0 bridgehead atoms. The van der Waals surface area contributed by atoms with Crippen molar-refractivity contribution in [2.45, 2.75) is 19.9 Å². The Morgan fingerprint density at radius 1 is 1.53 bits per heavy atom. The van der Waals surface area contributed by atoms with Crippen LogP contribution in [0.2, 0.25) is 0 Å². The van der Waals surface area contributed by atoms with Crippen LogP contribution in [0.15, 0.2) is 22.1 Å². The number of aliphatic carboxylic acids is 1. The Balaban J connectivity index is 2.00. The molecule has 2 rings (SSSR count). The number of furan rings is 1. The van der Waals surface area contributed by atoms with Crippen LogP contribution in [-0.2, 0) is 17.8 Å². The summed E-state index contributed by atoms with van der Waals surface area (Å²) in [6, 6.07) is 1.46. The maximum atomic E-state index is 11.9. The van der Waals surface area contributed by atoms with Gasteiger partial charge in [-0.05, 0) is 13.0 Å². The van der Waals surface area contributed by atoms with Crippen molar-refractivity contribution in [3.63, 3.8) is 0 Å². The number of nitrogens with one attached hydrogen (secondary N) is 1. The van der Waals surface area contributed by atoms with Crippen molar-refractivity contribution >= 4 is 23.2 Å². The number of aryl methyl sites for hydroxylation is 1. The van der Waals surface area contributed by atoms with E-state index in [1.807, 2.05) is 12.3 Å². The molecule has 0 radical (unpaired) electrons. The molecule has 0 aromatic carbocycles. The van der Waals surface area contributed by atoms with Gasteiger partial charge < -0.3 is 14.8 Å². The summed E-state index contributed by atoms with van der Waals surface area (Å²) in [6.07, 6.45) is 0.992. The first kappa shape index (κ1) is 13.3. The molecule has 0 fully saturated rings. The second-order valence-corrected chi connectivity index (χ2v) is 4.93. The first-order valence-corrected chi connectivity index (χ1v) is 6.41. The summed E-state index contributed by atoms with van der Waals surface area (Å²) in [7, 11) is 0. The lowest BCUT2D eigenvalue weighted by Crippen LogP contribution is -2.23. The molecular weight excluding hydrogens is 268 g/mol. The van der Waals surface area contributed by atoms with Crippen LogP contribution in [0, 0.1) is 6.92 Å². The van der Waals surface area contributed by atoms with Crippen LogP contribution in [-0.4, -0.2) is 22.0 Å². The zero-order valence-corrected chi connectivity index (χ0v) is 11.0. The number of hydrogen-bond donors (Lipinski definition) is 2. The molecule has 1 amide bonds. The van der Waals surface area contributed by atoms with E-state index in [1.54, 1.807) is 0 Å². The van der Waals surface area contributed by atoms with E-state index in [2.05, 4.69) is 10.3 Å². The second-order valence-electron chi connectivity index (χ2n) is 3.87. The fourth-order valence-electron chi connectivity index (χ4n) is 1.57. The van der Waals surface area contributed by atoms with E-state index in [0.29, 0.717) is 6.54 Å². The molecule has 0 aliphatic rings. The largest absolute Gasteiger partial charge is 0.481 e. The van der Waals surface area contributed by atoms with E-state index >= 15 is 0 Å². The second kappa shape index (κ2) is 5.66. The molecule has 2 aromatic heterocycles. The Hall–Kier alpha value is -2.15. The standard InChI is InChI=1S/C12H12N2O4S/c1-7-14-8(6-19-7)5-13-12(17)9-2-3-18-10(9)4-11(15)16/h2-3,6H,4-5H2,1H3,(H,13,17)(H,15,16). The van der Waals surface area contributed by atoms with Gasteiger partial charge in [0.05, 0.1) is 29.1 Å². The fraction of sp³-hybridized carbons (Fsp3) is 0.250. The number of carbonyl (C=O) groups is 2. The number of amides is 1. The average Bonchev–Trinajstić information content (AvgIpc) is 2.94. The van der Waals surface area contributed by atoms with Crippen LogP contribution in [0.3, 0.4) is 0 Å². The molecule has 0 atom stereocenters. The monoisotopic (exact) mass is 280 g/mol. The van der Waals surface area contributed by atoms with Crippen LogP contribution >= 0.6 is 11.3 Å². The molecule has 2 N–H and O–H groups in total. The lowest BCUT2D eigenvalue weighted by molar-refractivity contribution is -0.136. The number of carboxylic acids is 1. The van der Waals surface area contributed by atoms with Gasteiger partial charge in [-0.1, -0.05) is 0 Å². The summed E-state index contributed by atoms with van der Waals surface area (Å²) in [5.74, 6) is -1.26. The quantitative estimate of drug-likeness (QED) is 0.867. The summed E-state index contributed by atoms with van der Waals surface area (Å²) in [5, 5.41) is 14.2. The fourth-order valence-corrected chi connectivity index (χ4v) is 2.19. The molecule has 19 heavy (non-hydrogen) atoms. The summed E-state index contributed by atoms with van der Waals surface area (Å²) >= 11 is 1.51. The smallest absolute Gasteiger partial charge is 0.311 e. The van der Waals surface area contributed by atoms with Crippen molar-refractivity contribution in [2.24, 2.45) is 0 Å². The number of aromatic nitrogens is 1. The van der Waals surface area contributed by atoms with Crippen molar-refractivity contribution in [1.29, 1.82) is 0 Å². The van der Waals surface area contributed by atoms with Crippen LogP contribution in [0.5, 0.6) is 0 Å². The maximum Gasteiger partial charge on any atom is 0.311 e. The lowest BCUT2D eigenvalue weighted by atomic mass is 10.2. The van der Waals surface area contributed by atoms with Crippen LogP contribution in [0.25, 0.3) is 0 Å². The molecule has 0 unspecified atom stereocenters. The first-order chi connectivity index (χ1) is 9.06. The topological polar surface area (TPSA) is 92.4 Å². The number of rotatable bonds is 5. The van der Waals surface area contributed by atoms with Crippen molar-refractivity contribution in [2.75, 3.05) is 0 Å². The van der Waals surface area contributed by atoms with E-state index in [4.69, 9.17) is 9.52 Å². The van der Waals surface area contributed by atoms with Gasteiger partial charge in [-0.2, -0.15) is 0 Å². The highest BCUT2D eigenvalue weighted by Crippen LogP contribution is 2.12. The Morgan fingerprint density at radius 3 is 2.95 bits per heavy atom. The zero-order chi connectivity index (χ0) is 13.8. The van der Waals surface area contributed by atoms with Crippen LogP contribution < -0.4 is 5.32 Å². The number of carbonyl (C=O) groups excluding carboxylic acids is 1. The third-order valence-electron chi connectivity index (χ3n) is 2.40. The molecule has 0 aliphatic carbocycles. The van der Waals surface area contributed by atoms with E-state index in [9.17, 15) is 9.59 Å². The summed E-state index contributed by atoms with van der Waals surface area (Å²) in [4.78, 5) is 26.7. The van der Waals surface area contributed by atoms with Gasteiger partial charge in [0.2, 0.25) is 0 Å². The Morgan fingerprint density at radius 2 is 2.32 bits per heavy atom. The molecule has 6 nitrogen and oxygen atoms in total. The molecule has 0 saturated heterocycles. The average molecular weight is 280 g/mol. The molecule has 0 aliphatic heterocycles. The van der Waals surface area contributed by atoms with Gasteiger partial charge in [0.15, 0.2) is 0 Å². The number of thiazole rings is 1. The zero-order valence-electron chi connectivity index (χ0n) is 10.2. The number of nitrogens with zero attached hydrogens (tertiary/aromatic N) is 1. The minimum absolute atomic E-state index is 0.152. The van der Waals surface area contributed by atoms with Gasteiger partial charge in [0.25, 0.3) is 5.91 Å². The van der Waals surface area contributed by atoms with Gasteiger partial charge in [0, 0.05) is 5.38 Å².